The third-order valence-corrected chi connectivity index (χ3v) is 6.75. The SMILES string of the molecule is CC(C)[C@H](C)C(=O)N[C@@H](C(C)C)[C@@H](C[C@@H]1CCNC1O)C(O)c1nccs1. The Balaban J connectivity index is 2.24. The van der Waals surface area contributed by atoms with Crippen LogP contribution in [0.5, 0.6) is 0 Å². The zero-order valence-corrected chi connectivity index (χ0v) is 17.9. The van der Waals surface area contributed by atoms with Gasteiger partial charge in [-0.2, -0.15) is 0 Å². The summed E-state index contributed by atoms with van der Waals surface area (Å²) in [5, 5.41) is 30.1. The zero-order chi connectivity index (χ0) is 20.1. The molecule has 4 N–H and O–H groups in total. The van der Waals surface area contributed by atoms with Crippen LogP contribution in [0.3, 0.4) is 0 Å². The number of rotatable bonds is 9. The van der Waals surface area contributed by atoms with Gasteiger partial charge < -0.3 is 15.5 Å². The van der Waals surface area contributed by atoms with Crippen molar-refractivity contribution in [2.75, 3.05) is 6.54 Å². The van der Waals surface area contributed by atoms with E-state index >= 15 is 0 Å². The molecule has 154 valence electrons. The van der Waals surface area contributed by atoms with Crippen molar-refractivity contribution >= 4 is 17.2 Å². The Morgan fingerprint density at radius 1 is 1.33 bits per heavy atom. The maximum Gasteiger partial charge on any atom is 0.223 e. The van der Waals surface area contributed by atoms with Crippen LogP contribution >= 0.6 is 11.3 Å². The number of hydrogen-bond acceptors (Lipinski definition) is 6. The summed E-state index contributed by atoms with van der Waals surface area (Å²) in [5.41, 5.74) is 0. The van der Waals surface area contributed by atoms with Crippen molar-refractivity contribution in [2.45, 2.75) is 65.8 Å². The molecule has 0 aromatic carbocycles. The predicted octanol–water partition coefficient (Wildman–Crippen LogP) is 2.54. The van der Waals surface area contributed by atoms with Crippen molar-refractivity contribution in [1.29, 1.82) is 0 Å². The third kappa shape index (κ3) is 5.73. The first-order valence-corrected chi connectivity index (χ1v) is 10.9. The molecule has 1 aliphatic rings. The van der Waals surface area contributed by atoms with Crippen LogP contribution in [-0.2, 0) is 4.79 Å². The van der Waals surface area contributed by atoms with Gasteiger partial charge in [0.1, 0.15) is 17.3 Å². The summed E-state index contributed by atoms with van der Waals surface area (Å²) in [6, 6.07) is -0.189. The number of aromatic nitrogens is 1. The molecule has 6 atom stereocenters. The van der Waals surface area contributed by atoms with Gasteiger partial charge in [0.2, 0.25) is 5.91 Å². The van der Waals surface area contributed by atoms with E-state index in [-0.39, 0.29) is 41.5 Å². The van der Waals surface area contributed by atoms with Crippen LogP contribution in [0.15, 0.2) is 11.6 Å². The van der Waals surface area contributed by atoms with E-state index in [1.165, 1.54) is 11.3 Å². The molecule has 1 amide bonds. The first-order valence-electron chi connectivity index (χ1n) is 10.0. The molecular weight excluding hydrogens is 362 g/mol. The van der Waals surface area contributed by atoms with Crippen LogP contribution in [0, 0.1) is 29.6 Å². The first-order chi connectivity index (χ1) is 12.7. The summed E-state index contributed by atoms with van der Waals surface area (Å²) < 4.78 is 0. The molecule has 1 aliphatic heterocycles. The lowest BCUT2D eigenvalue weighted by molar-refractivity contribution is -0.127. The highest BCUT2D eigenvalue weighted by Crippen LogP contribution is 2.36. The van der Waals surface area contributed by atoms with Gasteiger partial charge >= 0.3 is 0 Å². The quantitative estimate of drug-likeness (QED) is 0.514. The van der Waals surface area contributed by atoms with Gasteiger partial charge in [-0.1, -0.05) is 34.6 Å². The fourth-order valence-corrected chi connectivity index (χ4v) is 4.44. The van der Waals surface area contributed by atoms with Crippen LogP contribution < -0.4 is 10.6 Å². The third-order valence-electron chi connectivity index (χ3n) is 5.90. The van der Waals surface area contributed by atoms with E-state index in [1.807, 2.05) is 26.2 Å². The van der Waals surface area contributed by atoms with Gasteiger partial charge in [0, 0.05) is 29.5 Å². The number of carbonyl (C=O) groups excluding carboxylic acids is 1. The second kappa shape index (κ2) is 9.96. The molecule has 27 heavy (non-hydrogen) atoms. The highest BCUT2D eigenvalue weighted by atomic mass is 32.1. The second-order valence-corrected chi connectivity index (χ2v) is 9.40. The van der Waals surface area contributed by atoms with Crippen molar-refractivity contribution in [3.8, 4) is 0 Å². The second-order valence-electron chi connectivity index (χ2n) is 8.47. The number of aliphatic hydroxyl groups excluding tert-OH is 2. The lowest BCUT2D eigenvalue weighted by Gasteiger charge is -2.36. The van der Waals surface area contributed by atoms with Gasteiger partial charge in [-0.25, -0.2) is 4.98 Å². The Hall–Kier alpha value is -1.02. The van der Waals surface area contributed by atoms with E-state index in [0.29, 0.717) is 11.4 Å². The van der Waals surface area contributed by atoms with Crippen molar-refractivity contribution in [3.05, 3.63) is 16.6 Å². The van der Waals surface area contributed by atoms with Crippen molar-refractivity contribution in [2.24, 2.45) is 29.6 Å². The first kappa shape index (κ1) is 22.3. The van der Waals surface area contributed by atoms with Crippen LogP contribution in [-0.4, -0.2) is 39.9 Å². The molecule has 0 saturated carbocycles. The Morgan fingerprint density at radius 3 is 2.52 bits per heavy atom. The number of amides is 1. The minimum absolute atomic E-state index is 0.0186. The van der Waals surface area contributed by atoms with Crippen LogP contribution in [0.4, 0.5) is 0 Å². The molecule has 1 aromatic heterocycles. The molecule has 7 heteroatoms. The summed E-state index contributed by atoms with van der Waals surface area (Å²) in [5.74, 6) is 0.178. The van der Waals surface area contributed by atoms with E-state index in [0.717, 1.165) is 13.0 Å². The fraction of sp³-hybridized carbons (Fsp3) is 0.800. The maximum atomic E-state index is 12.7. The van der Waals surface area contributed by atoms with E-state index in [2.05, 4.69) is 29.5 Å². The van der Waals surface area contributed by atoms with Gasteiger partial charge in [-0.3, -0.25) is 10.1 Å². The lowest BCUT2D eigenvalue weighted by Crippen LogP contribution is -2.49. The molecule has 2 unspecified atom stereocenters. The van der Waals surface area contributed by atoms with Crippen LogP contribution in [0.25, 0.3) is 0 Å². The van der Waals surface area contributed by atoms with Crippen molar-refractivity contribution in [1.82, 2.24) is 15.6 Å². The minimum Gasteiger partial charge on any atom is -0.386 e. The molecule has 2 heterocycles. The van der Waals surface area contributed by atoms with E-state index in [4.69, 9.17) is 0 Å². The van der Waals surface area contributed by atoms with Gasteiger partial charge in [0.05, 0.1) is 0 Å². The molecule has 6 nitrogen and oxygen atoms in total. The fourth-order valence-electron chi connectivity index (χ4n) is 3.74. The minimum atomic E-state index is -0.764. The number of carbonyl (C=O) groups is 1. The molecule has 0 bridgehead atoms. The Labute approximate surface area is 166 Å². The number of nitrogens with one attached hydrogen (secondary N) is 2. The summed E-state index contributed by atoms with van der Waals surface area (Å²) in [4.78, 5) is 17.0. The van der Waals surface area contributed by atoms with Gasteiger partial charge in [-0.05, 0) is 37.1 Å². The van der Waals surface area contributed by atoms with E-state index in [1.54, 1.807) is 6.20 Å². The molecular formula is C20H35N3O3S. The molecule has 1 fully saturated rings. The summed E-state index contributed by atoms with van der Waals surface area (Å²) in [6.07, 6.45) is 1.86. The van der Waals surface area contributed by atoms with Gasteiger partial charge in [0.25, 0.3) is 0 Å². The number of hydrogen-bond donors (Lipinski definition) is 4. The monoisotopic (exact) mass is 397 g/mol. The Kier molecular flexibility index (Phi) is 8.21. The standard InChI is InChI=1S/C20H35N3O3S/c1-11(2)13(5)18(25)23-16(12(3)4)15(10-14-6-7-21-19(14)26)17(24)20-22-8-9-27-20/h8-9,11-17,19,21,24,26H,6-7,10H2,1-5H3,(H,23,25)/t13-,14-,15+,16-,17?,19?/m0/s1. The average molecular weight is 398 g/mol. The summed E-state index contributed by atoms with van der Waals surface area (Å²) in [7, 11) is 0. The number of nitrogens with zero attached hydrogens (tertiary/aromatic N) is 1. The number of aliphatic hydroxyl groups is 2. The molecule has 1 saturated heterocycles. The van der Waals surface area contributed by atoms with E-state index < -0.39 is 12.3 Å². The summed E-state index contributed by atoms with van der Waals surface area (Å²) >= 11 is 1.43. The van der Waals surface area contributed by atoms with Crippen molar-refractivity contribution < 1.29 is 15.0 Å². The molecule has 2 rings (SSSR count). The molecule has 0 radical (unpaired) electrons. The Bertz CT molecular complexity index is 579. The van der Waals surface area contributed by atoms with Crippen LogP contribution in [0.1, 0.15) is 58.6 Å². The van der Waals surface area contributed by atoms with Crippen LogP contribution in [0.2, 0.25) is 0 Å². The molecule has 0 aliphatic carbocycles. The summed E-state index contributed by atoms with van der Waals surface area (Å²) in [6.45, 7) is 10.9. The lowest BCUT2D eigenvalue weighted by atomic mass is 9.79. The van der Waals surface area contributed by atoms with Gasteiger partial charge in [-0.15, -0.1) is 11.3 Å². The number of thiazole rings is 1. The normalized spacial score (nSPS) is 24.8. The predicted molar refractivity (Wildman–Crippen MR) is 108 cm³/mol. The zero-order valence-electron chi connectivity index (χ0n) is 17.1. The average Bonchev–Trinajstić information content (AvgIpc) is 3.28. The highest BCUT2D eigenvalue weighted by Gasteiger charge is 2.38. The largest absolute Gasteiger partial charge is 0.386 e. The topological polar surface area (TPSA) is 94.5 Å². The van der Waals surface area contributed by atoms with E-state index in [9.17, 15) is 15.0 Å². The Morgan fingerprint density at radius 2 is 2.04 bits per heavy atom. The molecule has 1 aromatic rings. The highest BCUT2D eigenvalue weighted by molar-refractivity contribution is 7.09. The van der Waals surface area contributed by atoms with Crippen molar-refractivity contribution in [3.63, 3.8) is 0 Å². The molecule has 0 spiro atoms. The maximum absolute atomic E-state index is 12.7. The van der Waals surface area contributed by atoms with Gasteiger partial charge in [0.15, 0.2) is 0 Å². The smallest absolute Gasteiger partial charge is 0.223 e.